The van der Waals surface area contributed by atoms with Gasteiger partial charge in [-0.05, 0) is 6.07 Å². The van der Waals surface area contributed by atoms with Crippen molar-refractivity contribution < 1.29 is 24.4 Å². The molecule has 0 bridgehead atoms. The zero-order valence-electron chi connectivity index (χ0n) is 8.77. The SMILES string of the molecule is COc1cc2c(cc1CC(N)(O)O)OCO2. The van der Waals surface area contributed by atoms with Crippen molar-refractivity contribution >= 4 is 0 Å². The summed E-state index contributed by atoms with van der Waals surface area (Å²) in [5, 5.41) is 18.3. The molecule has 16 heavy (non-hydrogen) atoms. The van der Waals surface area contributed by atoms with Gasteiger partial charge in [0.25, 0.3) is 0 Å². The average Bonchev–Trinajstić information content (AvgIpc) is 2.60. The molecular weight excluding hydrogens is 214 g/mol. The first-order chi connectivity index (χ1) is 7.49. The fourth-order valence-electron chi connectivity index (χ4n) is 1.57. The van der Waals surface area contributed by atoms with E-state index in [-0.39, 0.29) is 13.2 Å². The van der Waals surface area contributed by atoms with Crippen LogP contribution in [-0.4, -0.2) is 30.0 Å². The molecule has 0 fully saturated rings. The Morgan fingerprint density at radius 3 is 2.56 bits per heavy atom. The molecule has 1 aromatic rings. The van der Waals surface area contributed by atoms with Crippen LogP contribution in [0, 0.1) is 0 Å². The summed E-state index contributed by atoms with van der Waals surface area (Å²) in [4.78, 5) is 0. The van der Waals surface area contributed by atoms with Gasteiger partial charge in [-0.25, -0.2) is 0 Å². The van der Waals surface area contributed by atoms with Crippen LogP contribution in [-0.2, 0) is 6.42 Å². The lowest BCUT2D eigenvalue weighted by Crippen LogP contribution is -2.41. The number of benzene rings is 1. The molecular formula is C10H13NO5. The summed E-state index contributed by atoms with van der Waals surface area (Å²) in [6, 6.07) is 3.25. The van der Waals surface area contributed by atoms with Crippen LogP contribution < -0.4 is 19.9 Å². The van der Waals surface area contributed by atoms with Gasteiger partial charge in [-0.1, -0.05) is 0 Å². The lowest BCUT2D eigenvalue weighted by Gasteiger charge is -2.17. The topological polar surface area (TPSA) is 94.2 Å². The molecule has 0 spiro atoms. The van der Waals surface area contributed by atoms with Crippen molar-refractivity contribution in [1.29, 1.82) is 0 Å². The Morgan fingerprint density at radius 1 is 1.38 bits per heavy atom. The fourth-order valence-corrected chi connectivity index (χ4v) is 1.57. The number of ether oxygens (including phenoxy) is 3. The molecule has 0 saturated heterocycles. The van der Waals surface area contributed by atoms with Crippen LogP contribution in [0.5, 0.6) is 17.2 Å². The summed E-state index contributed by atoms with van der Waals surface area (Å²) in [6.07, 6.45) is -0.160. The number of aliphatic hydroxyl groups is 2. The molecule has 88 valence electrons. The Morgan fingerprint density at radius 2 is 2.00 bits per heavy atom. The van der Waals surface area contributed by atoms with Crippen LogP contribution in [0.1, 0.15) is 5.56 Å². The molecule has 0 amide bonds. The first-order valence-corrected chi connectivity index (χ1v) is 4.70. The van der Waals surface area contributed by atoms with E-state index in [9.17, 15) is 0 Å². The molecule has 0 aromatic heterocycles. The second-order valence-corrected chi connectivity index (χ2v) is 3.57. The molecule has 6 heteroatoms. The van der Waals surface area contributed by atoms with Crippen molar-refractivity contribution in [2.24, 2.45) is 5.73 Å². The van der Waals surface area contributed by atoms with E-state index in [1.807, 2.05) is 0 Å². The van der Waals surface area contributed by atoms with Gasteiger partial charge in [0, 0.05) is 18.1 Å². The predicted octanol–water partition coefficient (Wildman–Crippen LogP) is -0.437. The Hall–Kier alpha value is -1.50. The van der Waals surface area contributed by atoms with E-state index in [2.05, 4.69) is 0 Å². The lowest BCUT2D eigenvalue weighted by atomic mass is 10.1. The summed E-state index contributed by atoms with van der Waals surface area (Å²) in [6.45, 7) is 0.147. The largest absolute Gasteiger partial charge is 0.496 e. The number of hydrogen-bond donors (Lipinski definition) is 3. The van der Waals surface area contributed by atoms with Crippen LogP contribution >= 0.6 is 0 Å². The molecule has 1 aromatic carbocycles. The molecule has 0 saturated carbocycles. The molecule has 1 aliphatic heterocycles. The van der Waals surface area contributed by atoms with E-state index in [1.165, 1.54) is 7.11 Å². The molecule has 0 atom stereocenters. The molecule has 0 aliphatic carbocycles. The van der Waals surface area contributed by atoms with Crippen molar-refractivity contribution in [2.75, 3.05) is 13.9 Å². The van der Waals surface area contributed by atoms with Crippen molar-refractivity contribution in [2.45, 2.75) is 12.3 Å². The highest BCUT2D eigenvalue weighted by Crippen LogP contribution is 2.38. The molecule has 1 heterocycles. The van der Waals surface area contributed by atoms with E-state index in [4.69, 9.17) is 30.2 Å². The molecule has 0 unspecified atom stereocenters. The van der Waals surface area contributed by atoms with Crippen LogP contribution in [0.4, 0.5) is 0 Å². The van der Waals surface area contributed by atoms with Crippen LogP contribution in [0.3, 0.4) is 0 Å². The van der Waals surface area contributed by atoms with Gasteiger partial charge >= 0.3 is 0 Å². The first kappa shape index (κ1) is 11.0. The zero-order valence-corrected chi connectivity index (χ0v) is 8.77. The van der Waals surface area contributed by atoms with Gasteiger partial charge < -0.3 is 24.4 Å². The first-order valence-electron chi connectivity index (χ1n) is 4.70. The minimum Gasteiger partial charge on any atom is -0.496 e. The van der Waals surface area contributed by atoms with Gasteiger partial charge in [0.05, 0.1) is 7.11 Å². The maximum atomic E-state index is 9.15. The molecule has 2 rings (SSSR count). The second-order valence-electron chi connectivity index (χ2n) is 3.57. The number of nitrogens with two attached hydrogens (primary N) is 1. The van der Waals surface area contributed by atoms with E-state index in [0.29, 0.717) is 22.8 Å². The van der Waals surface area contributed by atoms with Crippen molar-refractivity contribution in [3.63, 3.8) is 0 Å². The van der Waals surface area contributed by atoms with E-state index in [0.717, 1.165) is 0 Å². The number of rotatable bonds is 3. The Labute approximate surface area is 92.2 Å². The Bertz CT molecular complexity index is 399. The lowest BCUT2D eigenvalue weighted by molar-refractivity contribution is -0.153. The second kappa shape index (κ2) is 3.82. The van der Waals surface area contributed by atoms with Gasteiger partial charge in [-0.3, -0.25) is 5.73 Å². The van der Waals surface area contributed by atoms with Crippen molar-refractivity contribution in [3.8, 4) is 17.2 Å². The minimum atomic E-state index is -2.28. The molecule has 6 nitrogen and oxygen atoms in total. The summed E-state index contributed by atoms with van der Waals surface area (Å²) < 4.78 is 15.4. The summed E-state index contributed by atoms with van der Waals surface area (Å²) in [7, 11) is 1.48. The number of methoxy groups -OCH3 is 1. The summed E-state index contributed by atoms with van der Waals surface area (Å²) in [5.74, 6) is -0.692. The van der Waals surface area contributed by atoms with Crippen LogP contribution in [0.15, 0.2) is 12.1 Å². The standard InChI is InChI=1S/C10H13NO5/c1-14-7-3-9-8(15-5-16-9)2-6(7)4-10(11,12)13/h2-3,12-13H,4-5,11H2,1H3. The third-order valence-electron chi connectivity index (χ3n) is 2.23. The number of hydrogen-bond acceptors (Lipinski definition) is 6. The van der Waals surface area contributed by atoms with Crippen molar-refractivity contribution in [1.82, 2.24) is 0 Å². The Balaban J connectivity index is 2.36. The van der Waals surface area contributed by atoms with Crippen LogP contribution in [0.25, 0.3) is 0 Å². The normalized spacial score (nSPS) is 14.0. The summed E-state index contributed by atoms with van der Waals surface area (Å²) in [5.41, 5.74) is 5.66. The van der Waals surface area contributed by atoms with E-state index >= 15 is 0 Å². The highest BCUT2D eigenvalue weighted by atomic mass is 16.7. The van der Waals surface area contributed by atoms with Gasteiger partial charge in [-0.2, -0.15) is 0 Å². The van der Waals surface area contributed by atoms with Gasteiger partial charge in [-0.15, -0.1) is 0 Å². The molecule has 1 aliphatic rings. The van der Waals surface area contributed by atoms with Crippen molar-refractivity contribution in [3.05, 3.63) is 17.7 Å². The average molecular weight is 227 g/mol. The van der Waals surface area contributed by atoms with Crippen LogP contribution in [0.2, 0.25) is 0 Å². The van der Waals surface area contributed by atoms with Gasteiger partial charge in [0.2, 0.25) is 12.7 Å². The predicted molar refractivity (Wildman–Crippen MR) is 54.2 cm³/mol. The third kappa shape index (κ3) is 2.19. The molecule has 4 N–H and O–H groups in total. The maximum absolute atomic E-state index is 9.15. The number of fused-ring (bicyclic) bond motifs is 1. The zero-order chi connectivity index (χ0) is 11.8. The minimum absolute atomic E-state index is 0.147. The van der Waals surface area contributed by atoms with E-state index < -0.39 is 5.91 Å². The summed E-state index contributed by atoms with van der Waals surface area (Å²) >= 11 is 0. The van der Waals surface area contributed by atoms with Gasteiger partial charge in [0.1, 0.15) is 5.75 Å². The van der Waals surface area contributed by atoms with E-state index in [1.54, 1.807) is 12.1 Å². The monoisotopic (exact) mass is 227 g/mol. The Kier molecular flexibility index (Phi) is 2.63. The fraction of sp³-hybridized carbons (Fsp3) is 0.400. The maximum Gasteiger partial charge on any atom is 0.231 e. The molecule has 0 radical (unpaired) electrons. The highest BCUT2D eigenvalue weighted by molar-refractivity contribution is 5.52. The van der Waals surface area contributed by atoms with Gasteiger partial charge in [0.15, 0.2) is 11.5 Å². The quantitative estimate of drug-likeness (QED) is 0.606. The third-order valence-corrected chi connectivity index (χ3v) is 2.23. The highest BCUT2D eigenvalue weighted by Gasteiger charge is 2.23. The smallest absolute Gasteiger partial charge is 0.231 e.